The molecule has 8 heteroatoms. The summed E-state index contributed by atoms with van der Waals surface area (Å²) in [6, 6.07) is 6.74. The predicted molar refractivity (Wildman–Crippen MR) is 110 cm³/mol. The second-order valence-corrected chi connectivity index (χ2v) is 7.23. The Hall–Kier alpha value is -0.870. The van der Waals surface area contributed by atoms with Crippen LogP contribution in [-0.2, 0) is 10.0 Å². The second kappa shape index (κ2) is 12.5. The van der Waals surface area contributed by atoms with E-state index in [1.54, 1.807) is 24.3 Å². The van der Waals surface area contributed by atoms with E-state index in [2.05, 4.69) is 22.0 Å². The molecule has 0 heterocycles. The van der Waals surface area contributed by atoms with Gasteiger partial charge in [-0.3, -0.25) is 4.99 Å². The molecule has 1 aromatic carbocycles. The topological polar surface area (TPSA) is 96.6 Å². The zero-order chi connectivity index (χ0) is 17.1. The molecule has 0 aliphatic heterocycles. The number of benzene rings is 1. The van der Waals surface area contributed by atoms with Gasteiger partial charge in [0, 0.05) is 19.6 Å². The van der Waals surface area contributed by atoms with Crippen molar-refractivity contribution >= 4 is 40.0 Å². The minimum Gasteiger partial charge on any atom is -0.370 e. The van der Waals surface area contributed by atoms with Crippen molar-refractivity contribution in [3.8, 4) is 0 Å². The maximum atomic E-state index is 12.1. The summed E-state index contributed by atoms with van der Waals surface area (Å²) in [4.78, 5) is 4.47. The lowest BCUT2D eigenvalue weighted by Crippen LogP contribution is -2.38. The number of hydrogen-bond acceptors (Lipinski definition) is 3. The maximum absolute atomic E-state index is 12.1. The van der Waals surface area contributed by atoms with Crippen LogP contribution in [0.5, 0.6) is 0 Å². The van der Waals surface area contributed by atoms with Gasteiger partial charge in [0.25, 0.3) is 0 Å². The number of nitrogens with one attached hydrogen (secondary N) is 2. The summed E-state index contributed by atoms with van der Waals surface area (Å²) in [5, 5.41) is 2.91. The van der Waals surface area contributed by atoms with Gasteiger partial charge in [-0.05, 0) is 25.5 Å². The molecule has 0 radical (unpaired) electrons. The van der Waals surface area contributed by atoms with E-state index < -0.39 is 10.0 Å². The van der Waals surface area contributed by atoms with Crippen molar-refractivity contribution in [3.63, 3.8) is 0 Å². The molecule has 0 aliphatic carbocycles. The number of nitrogens with zero attached hydrogens (tertiary/aromatic N) is 1. The lowest BCUT2D eigenvalue weighted by molar-refractivity contribution is 0.580. The van der Waals surface area contributed by atoms with Crippen LogP contribution in [0.4, 0.5) is 0 Å². The van der Waals surface area contributed by atoms with Gasteiger partial charge in [-0.25, -0.2) is 13.1 Å². The second-order valence-electron chi connectivity index (χ2n) is 5.47. The highest BCUT2D eigenvalue weighted by atomic mass is 127. The van der Waals surface area contributed by atoms with Crippen LogP contribution in [0.1, 0.15) is 38.2 Å². The van der Waals surface area contributed by atoms with E-state index in [-0.39, 0.29) is 35.4 Å². The summed E-state index contributed by atoms with van der Waals surface area (Å²) in [6.45, 7) is 5.43. The third kappa shape index (κ3) is 9.43. The van der Waals surface area contributed by atoms with Crippen LogP contribution in [0.3, 0.4) is 0 Å². The molecule has 0 aliphatic rings. The molecule has 0 bridgehead atoms. The minimum absolute atomic E-state index is 0. The van der Waals surface area contributed by atoms with Crippen molar-refractivity contribution in [3.05, 3.63) is 29.8 Å². The first-order valence-electron chi connectivity index (χ1n) is 8.06. The third-order valence-electron chi connectivity index (χ3n) is 3.35. The molecule has 0 unspecified atom stereocenters. The fourth-order valence-electron chi connectivity index (χ4n) is 1.97. The highest BCUT2D eigenvalue weighted by Crippen LogP contribution is 2.09. The number of guanidine groups is 1. The molecular formula is C16H29IN4O2S. The normalized spacial score (nSPS) is 11.8. The Bertz CT molecular complexity index is 589. The molecule has 0 saturated carbocycles. The van der Waals surface area contributed by atoms with E-state index in [9.17, 15) is 8.42 Å². The number of aryl methyl sites for hydroxylation is 1. The van der Waals surface area contributed by atoms with Crippen molar-refractivity contribution < 1.29 is 8.42 Å². The highest BCUT2D eigenvalue weighted by Gasteiger charge is 2.12. The van der Waals surface area contributed by atoms with Gasteiger partial charge in [-0.1, -0.05) is 43.9 Å². The lowest BCUT2D eigenvalue weighted by atomic mass is 10.2. The van der Waals surface area contributed by atoms with Crippen LogP contribution in [0.15, 0.2) is 34.2 Å². The predicted octanol–water partition coefficient (Wildman–Crippen LogP) is 2.38. The number of aliphatic imine (C=N–C) groups is 1. The molecule has 138 valence electrons. The van der Waals surface area contributed by atoms with E-state index in [0.29, 0.717) is 19.0 Å². The summed E-state index contributed by atoms with van der Waals surface area (Å²) in [6.07, 6.45) is 4.59. The average molecular weight is 468 g/mol. The Morgan fingerprint density at radius 3 is 2.42 bits per heavy atom. The number of unbranched alkanes of at least 4 members (excludes halogenated alkanes) is 3. The zero-order valence-electron chi connectivity index (χ0n) is 14.4. The fourth-order valence-corrected chi connectivity index (χ4v) is 3.00. The number of sulfonamides is 1. The van der Waals surface area contributed by atoms with Crippen molar-refractivity contribution in [1.82, 2.24) is 10.0 Å². The van der Waals surface area contributed by atoms with E-state index in [0.717, 1.165) is 18.4 Å². The van der Waals surface area contributed by atoms with Crippen LogP contribution in [0.2, 0.25) is 0 Å². The van der Waals surface area contributed by atoms with Crippen molar-refractivity contribution in [1.29, 1.82) is 0 Å². The van der Waals surface area contributed by atoms with Crippen LogP contribution in [-0.4, -0.2) is 34.0 Å². The van der Waals surface area contributed by atoms with Crippen LogP contribution in [0, 0.1) is 6.92 Å². The summed E-state index contributed by atoms with van der Waals surface area (Å²) in [5.74, 6) is 0.357. The van der Waals surface area contributed by atoms with E-state index in [1.165, 1.54) is 12.8 Å². The Morgan fingerprint density at radius 2 is 1.79 bits per heavy atom. The Kier molecular flexibility index (Phi) is 12.0. The van der Waals surface area contributed by atoms with Gasteiger partial charge < -0.3 is 11.1 Å². The molecule has 1 rings (SSSR count). The average Bonchev–Trinajstić information content (AvgIpc) is 2.52. The Balaban J connectivity index is 0.00000529. The third-order valence-corrected chi connectivity index (χ3v) is 4.83. The lowest BCUT2D eigenvalue weighted by Gasteiger charge is -2.08. The molecule has 0 aromatic heterocycles. The molecule has 4 N–H and O–H groups in total. The van der Waals surface area contributed by atoms with Gasteiger partial charge in [0.05, 0.1) is 4.90 Å². The Labute approximate surface area is 162 Å². The molecule has 0 fully saturated rings. The summed E-state index contributed by atoms with van der Waals surface area (Å²) < 4.78 is 26.7. The molecule has 0 saturated heterocycles. The smallest absolute Gasteiger partial charge is 0.240 e. The van der Waals surface area contributed by atoms with Crippen molar-refractivity contribution in [2.24, 2.45) is 10.7 Å². The van der Waals surface area contributed by atoms with Crippen LogP contribution in [0.25, 0.3) is 0 Å². The van der Waals surface area contributed by atoms with E-state index in [1.807, 2.05) is 6.92 Å². The van der Waals surface area contributed by atoms with E-state index >= 15 is 0 Å². The van der Waals surface area contributed by atoms with Crippen molar-refractivity contribution in [2.45, 2.75) is 44.4 Å². The molecular weight excluding hydrogens is 439 g/mol. The molecule has 0 atom stereocenters. The molecule has 0 amide bonds. The van der Waals surface area contributed by atoms with Gasteiger partial charge in [-0.2, -0.15) is 0 Å². The number of nitrogens with two attached hydrogens (primary N) is 1. The monoisotopic (exact) mass is 468 g/mol. The number of rotatable bonds is 10. The highest BCUT2D eigenvalue weighted by molar-refractivity contribution is 14.0. The van der Waals surface area contributed by atoms with Crippen LogP contribution < -0.4 is 15.8 Å². The van der Waals surface area contributed by atoms with Gasteiger partial charge in [-0.15, -0.1) is 24.0 Å². The molecule has 24 heavy (non-hydrogen) atoms. The van der Waals surface area contributed by atoms with Crippen LogP contribution >= 0.6 is 24.0 Å². The first-order valence-corrected chi connectivity index (χ1v) is 9.54. The molecule has 0 spiro atoms. The largest absolute Gasteiger partial charge is 0.370 e. The standard InChI is InChI=1S/C16H28N4O2S.HI/c1-3-4-5-6-11-18-16(17)19-12-13-20-23(21,22)15-9-7-14(2)8-10-15;/h7-10,20H,3-6,11-13H2,1-2H3,(H3,17,18,19);1H. The zero-order valence-corrected chi connectivity index (χ0v) is 17.6. The number of halogens is 1. The van der Waals surface area contributed by atoms with Gasteiger partial charge in [0.2, 0.25) is 10.0 Å². The van der Waals surface area contributed by atoms with E-state index in [4.69, 9.17) is 5.73 Å². The first kappa shape index (κ1) is 23.1. The minimum atomic E-state index is -3.47. The quantitative estimate of drug-likeness (QED) is 0.213. The molecule has 1 aromatic rings. The summed E-state index contributed by atoms with van der Waals surface area (Å²) in [7, 11) is -3.47. The fraction of sp³-hybridized carbons (Fsp3) is 0.562. The number of hydrogen-bond donors (Lipinski definition) is 3. The summed E-state index contributed by atoms with van der Waals surface area (Å²) in [5.41, 5.74) is 6.75. The SMILES string of the molecule is CCCCCCN=C(N)NCCNS(=O)(=O)c1ccc(C)cc1.I. The van der Waals surface area contributed by atoms with Gasteiger partial charge in [0.1, 0.15) is 0 Å². The Morgan fingerprint density at radius 1 is 1.12 bits per heavy atom. The molecule has 6 nitrogen and oxygen atoms in total. The first-order chi connectivity index (χ1) is 11.0. The maximum Gasteiger partial charge on any atom is 0.240 e. The van der Waals surface area contributed by atoms with Crippen molar-refractivity contribution in [2.75, 3.05) is 19.6 Å². The summed E-state index contributed by atoms with van der Waals surface area (Å²) >= 11 is 0. The van der Waals surface area contributed by atoms with Gasteiger partial charge >= 0.3 is 0 Å². The van der Waals surface area contributed by atoms with Gasteiger partial charge in [0.15, 0.2) is 5.96 Å².